The van der Waals surface area contributed by atoms with Crippen molar-refractivity contribution in [2.45, 2.75) is 31.2 Å². The monoisotopic (exact) mass is 262 g/mol. The van der Waals surface area contributed by atoms with Crippen molar-refractivity contribution in [3.63, 3.8) is 0 Å². The summed E-state index contributed by atoms with van der Waals surface area (Å²) in [5.74, 6) is -0.0368. The first-order valence-corrected chi connectivity index (χ1v) is 6.74. The van der Waals surface area contributed by atoms with Gasteiger partial charge in [-0.15, -0.1) is 0 Å². The molecule has 8 heteroatoms. The van der Waals surface area contributed by atoms with Gasteiger partial charge in [0, 0.05) is 13.1 Å². The smallest absolute Gasteiger partial charge is 0.246 e. The number of nitrogens with zero attached hydrogens (tertiary/aromatic N) is 2. The zero-order chi connectivity index (χ0) is 13.2. The van der Waals surface area contributed by atoms with Gasteiger partial charge in [0.1, 0.15) is 4.90 Å². The summed E-state index contributed by atoms with van der Waals surface area (Å²) < 4.78 is 27.9. The van der Waals surface area contributed by atoms with Crippen LogP contribution in [0.3, 0.4) is 0 Å². The Balaban J connectivity index is 3.13. The summed E-state index contributed by atoms with van der Waals surface area (Å²) in [6.45, 7) is 3.15. The third-order valence-electron chi connectivity index (χ3n) is 2.61. The average molecular weight is 262 g/mol. The second kappa shape index (κ2) is 5.03. The molecule has 0 saturated carbocycles. The summed E-state index contributed by atoms with van der Waals surface area (Å²) in [5, 5.41) is 12.8. The minimum absolute atomic E-state index is 0.0214. The lowest BCUT2D eigenvalue weighted by atomic mass is 10.3. The van der Waals surface area contributed by atoms with Crippen molar-refractivity contribution in [2.24, 2.45) is 7.05 Å². The first-order valence-electron chi connectivity index (χ1n) is 5.25. The van der Waals surface area contributed by atoms with E-state index in [4.69, 9.17) is 10.8 Å². The Morgan fingerprint density at radius 1 is 1.59 bits per heavy atom. The molecule has 7 nitrogen and oxygen atoms in total. The lowest BCUT2D eigenvalue weighted by Crippen LogP contribution is -2.37. The molecule has 0 spiro atoms. The molecule has 0 aromatic carbocycles. The summed E-state index contributed by atoms with van der Waals surface area (Å²) >= 11 is 0. The molecule has 0 aliphatic heterocycles. The summed E-state index contributed by atoms with van der Waals surface area (Å²) in [6, 6.07) is -0.515. The van der Waals surface area contributed by atoms with E-state index in [9.17, 15) is 8.42 Å². The molecular weight excluding hydrogens is 244 g/mol. The molecule has 1 heterocycles. The van der Waals surface area contributed by atoms with Gasteiger partial charge in [0.15, 0.2) is 5.82 Å². The summed E-state index contributed by atoms with van der Waals surface area (Å²) in [6.07, 6.45) is 0.495. The summed E-state index contributed by atoms with van der Waals surface area (Å²) in [4.78, 5) is -0.0214. The molecule has 4 N–H and O–H groups in total. The number of anilines is 1. The van der Waals surface area contributed by atoms with Crippen LogP contribution in [0.2, 0.25) is 0 Å². The summed E-state index contributed by atoms with van der Waals surface area (Å²) in [7, 11) is -2.12. The third kappa shape index (κ3) is 2.76. The molecule has 1 aromatic heterocycles. The van der Waals surface area contributed by atoms with E-state index < -0.39 is 16.1 Å². The molecule has 98 valence electrons. The van der Waals surface area contributed by atoms with Gasteiger partial charge in [-0.1, -0.05) is 6.92 Å². The van der Waals surface area contributed by atoms with Gasteiger partial charge in [-0.05, 0) is 13.3 Å². The van der Waals surface area contributed by atoms with Crippen LogP contribution in [0.5, 0.6) is 0 Å². The van der Waals surface area contributed by atoms with E-state index in [0.29, 0.717) is 12.1 Å². The maximum absolute atomic E-state index is 12.1. The molecule has 1 aromatic rings. The Labute approximate surface area is 101 Å². The molecule has 1 atom stereocenters. The lowest BCUT2D eigenvalue weighted by Gasteiger charge is -2.14. The molecule has 17 heavy (non-hydrogen) atoms. The predicted molar refractivity (Wildman–Crippen MR) is 63.8 cm³/mol. The topological polar surface area (TPSA) is 110 Å². The quantitative estimate of drug-likeness (QED) is 0.653. The van der Waals surface area contributed by atoms with E-state index in [2.05, 4.69) is 9.82 Å². The van der Waals surface area contributed by atoms with Crippen LogP contribution in [0.25, 0.3) is 0 Å². The van der Waals surface area contributed by atoms with Gasteiger partial charge in [-0.3, -0.25) is 4.68 Å². The van der Waals surface area contributed by atoms with Gasteiger partial charge in [0.25, 0.3) is 0 Å². The van der Waals surface area contributed by atoms with Crippen LogP contribution < -0.4 is 10.5 Å². The van der Waals surface area contributed by atoms with Gasteiger partial charge < -0.3 is 10.8 Å². The summed E-state index contributed by atoms with van der Waals surface area (Å²) in [5.41, 5.74) is 6.03. The van der Waals surface area contributed by atoms with Crippen LogP contribution >= 0.6 is 0 Å². The highest BCUT2D eigenvalue weighted by Crippen LogP contribution is 2.21. The molecule has 0 fully saturated rings. The van der Waals surface area contributed by atoms with Crippen LogP contribution in [0, 0.1) is 6.92 Å². The molecule has 0 unspecified atom stereocenters. The number of aryl methyl sites for hydroxylation is 1. The van der Waals surface area contributed by atoms with E-state index in [0.717, 1.165) is 0 Å². The van der Waals surface area contributed by atoms with Gasteiger partial charge in [0.05, 0.1) is 12.3 Å². The van der Waals surface area contributed by atoms with Crippen LogP contribution in [0.15, 0.2) is 4.90 Å². The molecule has 1 rings (SSSR count). The number of aromatic nitrogens is 2. The normalized spacial score (nSPS) is 13.9. The number of nitrogens with two attached hydrogens (primary N) is 1. The van der Waals surface area contributed by atoms with Crippen LogP contribution in [0.1, 0.15) is 19.0 Å². The average Bonchev–Trinajstić information content (AvgIpc) is 2.50. The van der Waals surface area contributed by atoms with E-state index >= 15 is 0 Å². The Morgan fingerprint density at radius 3 is 2.53 bits per heavy atom. The fraction of sp³-hybridized carbons (Fsp3) is 0.667. The largest absolute Gasteiger partial charge is 0.395 e. The third-order valence-corrected chi connectivity index (χ3v) is 4.29. The molecule has 0 aliphatic carbocycles. The number of aliphatic hydroxyl groups is 1. The predicted octanol–water partition coefficient (Wildman–Crippen LogP) is -0.640. The van der Waals surface area contributed by atoms with Crippen molar-refractivity contribution in [1.29, 1.82) is 0 Å². The van der Waals surface area contributed by atoms with Crippen LogP contribution in [-0.4, -0.2) is 36.0 Å². The maximum Gasteiger partial charge on any atom is 0.246 e. The van der Waals surface area contributed by atoms with E-state index in [1.807, 2.05) is 0 Å². The number of hydrogen-bond donors (Lipinski definition) is 3. The Morgan fingerprint density at radius 2 is 2.18 bits per heavy atom. The fourth-order valence-electron chi connectivity index (χ4n) is 1.47. The minimum atomic E-state index is -3.74. The molecule has 0 radical (unpaired) electrons. The second-order valence-corrected chi connectivity index (χ2v) is 5.48. The van der Waals surface area contributed by atoms with Crippen molar-refractivity contribution in [1.82, 2.24) is 14.5 Å². The van der Waals surface area contributed by atoms with Crippen LogP contribution in [-0.2, 0) is 17.1 Å². The van der Waals surface area contributed by atoms with Crippen LogP contribution in [0.4, 0.5) is 5.82 Å². The second-order valence-electron chi connectivity index (χ2n) is 3.83. The standard InChI is InChI=1S/C9H18N4O3S/c1-4-7(5-14)12-17(15,16)8-6(2)13(3)11-9(8)10/h7,12,14H,4-5H2,1-3H3,(H2,10,11)/t7-/m1/s1. The van der Waals surface area contributed by atoms with E-state index in [1.54, 1.807) is 20.9 Å². The highest BCUT2D eigenvalue weighted by Gasteiger charge is 2.26. The number of rotatable bonds is 5. The van der Waals surface area contributed by atoms with Gasteiger partial charge in [-0.2, -0.15) is 5.10 Å². The van der Waals surface area contributed by atoms with Crippen molar-refractivity contribution in [2.75, 3.05) is 12.3 Å². The molecule has 0 bridgehead atoms. The Kier molecular flexibility index (Phi) is 4.12. The Bertz CT molecular complexity index is 491. The maximum atomic E-state index is 12.1. The number of sulfonamides is 1. The highest BCUT2D eigenvalue weighted by atomic mass is 32.2. The lowest BCUT2D eigenvalue weighted by molar-refractivity contribution is 0.254. The van der Waals surface area contributed by atoms with Crippen molar-refractivity contribution >= 4 is 15.8 Å². The molecular formula is C9H18N4O3S. The number of nitrogens with one attached hydrogen (secondary N) is 1. The zero-order valence-corrected chi connectivity index (χ0v) is 11.0. The number of hydrogen-bond acceptors (Lipinski definition) is 5. The highest BCUT2D eigenvalue weighted by molar-refractivity contribution is 7.89. The fourth-order valence-corrected chi connectivity index (χ4v) is 3.11. The van der Waals surface area contributed by atoms with Crippen molar-refractivity contribution < 1.29 is 13.5 Å². The number of aliphatic hydroxyl groups excluding tert-OH is 1. The molecule has 0 saturated heterocycles. The molecule has 0 amide bonds. The number of nitrogen functional groups attached to an aromatic ring is 1. The van der Waals surface area contributed by atoms with Gasteiger partial charge in [-0.25, -0.2) is 13.1 Å². The van der Waals surface area contributed by atoms with Gasteiger partial charge >= 0.3 is 0 Å². The zero-order valence-electron chi connectivity index (χ0n) is 10.1. The SMILES string of the molecule is CC[C@H](CO)NS(=O)(=O)c1c(N)nn(C)c1C. The van der Waals surface area contributed by atoms with E-state index in [-0.39, 0.29) is 17.3 Å². The van der Waals surface area contributed by atoms with Crippen molar-refractivity contribution in [3.8, 4) is 0 Å². The van der Waals surface area contributed by atoms with Gasteiger partial charge in [0.2, 0.25) is 10.0 Å². The first kappa shape index (κ1) is 13.9. The minimum Gasteiger partial charge on any atom is -0.395 e. The van der Waals surface area contributed by atoms with Crippen molar-refractivity contribution in [3.05, 3.63) is 5.69 Å². The van der Waals surface area contributed by atoms with E-state index in [1.165, 1.54) is 4.68 Å². The molecule has 0 aliphatic rings. The first-order chi connectivity index (χ1) is 7.83. The Hall–Kier alpha value is -1.12.